The highest BCUT2D eigenvalue weighted by Gasteiger charge is 2.16. The van der Waals surface area contributed by atoms with Crippen LogP contribution in [0, 0.1) is 0 Å². The Labute approximate surface area is 181 Å². The molecule has 1 amide bonds. The summed E-state index contributed by atoms with van der Waals surface area (Å²) in [7, 11) is 3.12. The van der Waals surface area contributed by atoms with Gasteiger partial charge in [-0.15, -0.1) is 11.3 Å². The lowest BCUT2D eigenvalue weighted by Crippen LogP contribution is -2.21. The number of nitrogen functional groups attached to an aromatic ring is 1. The Hall–Kier alpha value is -3.30. The molecule has 0 aliphatic carbocycles. The summed E-state index contributed by atoms with van der Waals surface area (Å²) in [6.07, 6.45) is 0. The van der Waals surface area contributed by atoms with Crippen molar-refractivity contribution in [3.8, 4) is 22.8 Å². The Morgan fingerprint density at radius 3 is 2.67 bits per heavy atom. The summed E-state index contributed by atoms with van der Waals surface area (Å²) >= 11 is 7.03. The molecule has 3 aromatic rings. The van der Waals surface area contributed by atoms with Gasteiger partial charge in [-0.2, -0.15) is 0 Å². The van der Waals surface area contributed by atoms with Gasteiger partial charge in [0.1, 0.15) is 11.5 Å². The molecule has 30 heavy (non-hydrogen) atoms. The molecule has 0 aliphatic rings. The summed E-state index contributed by atoms with van der Waals surface area (Å²) in [6, 6.07) is 9.72. The Morgan fingerprint density at radius 1 is 1.17 bits per heavy atom. The van der Waals surface area contributed by atoms with Crippen molar-refractivity contribution < 1.29 is 23.8 Å². The molecule has 0 saturated heterocycles. The normalized spacial score (nSPS) is 10.4. The Morgan fingerprint density at radius 2 is 1.97 bits per heavy atom. The standard InChI is InChI=1S/C20H18ClN3O5S/c1-27-12-4-6-17(28-2)14(8-12)16-10-30-20(23-16)24-18(25)9-29-19(26)13-5-3-11(21)7-15(13)22/h3-8,10H,9,22H2,1-2H3,(H,23,24,25). The predicted octanol–water partition coefficient (Wildman–Crippen LogP) is 3.86. The van der Waals surface area contributed by atoms with Crippen molar-refractivity contribution in [2.75, 3.05) is 31.9 Å². The number of aromatic nitrogens is 1. The van der Waals surface area contributed by atoms with Gasteiger partial charge in [-0.25, -0.2) is 9.78 Å². The molecule has 3 rings (SSSR count). The van der Waals surface area contributed by atoms with Crippen LogP contribution in [0.25, 0.3) is 11.3 Å². The first-order chi connectivity index (χ1) is 14.4. The highest BCUT2D eigenvalue weighted by atomic mass is 35.5. The first kappa shape index (κ1) is 21.4. The molecule has 8 nitrogen and oxygen atoms in total. The zero-order valence-corrected chi connectivity index (χ0v) is 17.7. The number of hydrogen-bond acceptors (Lipinski definition) is 8. The number of thiazole rings is 1. The number of halogens is 1. The second kappa shape index (κ2) is 9.47. The van der Waals surface area contributed by atoms with Gasteiger partial charge < -0.3 is 19.9 Å². The monoisotopic (exact) mass is 447 g/mol. The van der Waals surface area contributed by atoms with E-state index in [9.17, 15) is 9.59 Å². The minimum atomic E-state index is -0.722. The minimum Gasteiger partial charge on any atom is -0.497 e. The van der Waals surface area contributed by atoms with E-state index in [0.717, 1.165) is 5.56 Å². The van der Waals surface area contributed by atoms with Gasteiger partial charge in [0.15, 0.2) is 11.7 Å². The molecule has 0 fully saturated rings. The van der Waals surface area contributed by atoms with Crippen molar-refractivity contribution in [2.45, 2.75) is 0 Å². The van der Waals surface area contributed by atoms with Gasteiger partial charge in [0.2, 0.25) is 0 Å². The van der Waals surface area contributed by atoms with Crippen LogP contribution in [0.2, 0.25) is 5.02 Å². The number of amides is 1. The third-order valence-electron chi connectivity index (χ3n) is 4.00. The van der Waals surface area contributed by atoms with Gasteiger partial charge in [0, 0.05) is 21.7 Å². The lowest BCUT2D eigenvalue weighted by Gasteiger charge is -2.08. The molecular formula is C20H18ClN3O5S. The third kappa shape index (κ3) is 5.00. The molecule has 0 bridgehead atoms. The molecule has 0 radical (unpaired) electrons. The van der Waals surface area contributed by atoms with E-state index in [1.807, 2.05) is 0 Å². The van der Waals surface area contributed by atoms with Crippen LogP contribution >= 0.6 is 22.9 Å². The Balaban J connectivity index is 1.63. The highest BCUT2D eigenvalue weighted by Crippen LogP contribution is 2.35. The SMILES string of the molecule is COc1ccc(OC)c(-c2csc(NC(=O)COC(=O)c3ccc(Cl)cc3N)n2)c1. The molecule has 1 heterocycles. The summed E-state index contributed by atoms with van der Waals surface area (Å²) < 4.78 is 15.6. The van der Waals surface area contributed by atoms with Crippen LogP contribution < -0.4 is 20.5 Å². The molecule has 0 atom stereocenters. The van der Waals surface area contributed by atoms with Crippen LogP contribution in [0.4, 0.5) is 10.8 Å². The lowest BCUT2D eigenvalue weighted by atomic mass is 10.1. The van der Waals surface area contributed by atoms with E-state index in [1.165, 1.54) is 29.5 Å². The molecule has 2 aromatic carbocycles. The van der Waals surface area contributed by atoms with Gasteiger partial charge in [0.25, 0.3) is 5.91 Å². The third-order valence-corrected chi connectivity index (χ3v) is 4.99. The average Bonchev–Trinajstić information content (AvgIpc) is 3.19. The number of nitrogens with zero attached hydrogens (tertiary/aromatic N) is 1. The van der Waals surface area contributed by atoms with Gasteiger partial charge in [-0.1, -0.05) is 11.6 Å². The fraction of sp³-hybridized carbons (Fsp3) is 0.150. The maximum atomic E-state index is 12.1. The van der Waals surface area contributed by atoms with Crippen LogP contribution in [0.1, 0.15) is 10.4 Å². The summed E-state index contributed by atoms with van der Waals surface area (Å²) in [4.78, 5) is 28.6. The van der Waals surface area contributed by atoms with Crippen molar-refractivity contribution in [3.05, 3.63) is 52.4 Å². The van der Waals surface area contributed by atoms with Gasteiger partial charge >= 0.3 is 5.97 Å². The van der Waals surface area contributed by atoms with E-state index in [1.54, 1.807) is 37.8 Å². The molecule has 1 aromatic heterocycles. The molecule has 156 valence electrons. The summed E-state index contributed by atoms with van der Waals surface area (Å²) in [5.41, 5.74) is 7.37. The van der Waals surface area contributed by atoms with E-state index in [2.05, 4.69) is 10.3 Å². The molecular weight excluding hydrogens is 430 g/mol. The first-order valence-electron chi connectivity index (χ1n) is 8.61. The molecule has 3 N–H and O–H groups in total. The number of nitrogens with two attached hydrogens (primary N) is 1. The van der Waals surface area contributed by atoms with Crippen molar-refractivity contribution >= 4 is 45.6 Å². The lowest BCUT2D eigenvalue weighted by molar-refractivity contribution is -0.119. The van der Waals surface area contributed by atoms with Crippen LogP contribution in [0.15, 0.2) is 41.8 Å². The number of benzene rings is 2. The number of carbonyl (C=O) groups is 2. The van der Waals surface area contributed by atoms with Crippen molar-refractivity contribution in [3.63, 3.8) is 0 Å². The van der Waals surface area contributed by atoms with E-state index in [4.69, 9.17) is 31.5 Å². The summed E-state index contributed by atoms with van der Waals surface area (Å²) in [5, 5.41) is 5.11. The Kier molecular flexibility index (Phi) is 6.76. The quantitative estimate of drug-likeness (QED) is 0.417. The number of methoxy groups -OCH3 is 2. The smallest absolute Gasteiger partial charge is 0.340 e. The molecule has 10 heteroatoms. The zero-order chi connectivity index (χ0) is 21.7. The van der Waals surface area contributed by atoms with E-state index < -0.39 is 18.5 Å². The Bertz CT molecular complexity index is 1090. The van der Waals surface area contributed by atoms with Crippen molar-refractivity contribution in [2.24, 2.45) is 0 Å². The number of hydrogen-bond donors (Lipinski definition) is 2. The predicted molar refractivity (Wildman–Crippen MR) is 115 cm³/mol. The summed E-state index contributed by atoms with van der Waals surface area (Å²) in [6.45, 7) is -0.488. The van der Waals surface area contributed by atoms with Crippen molar-refractivity contribution in [1.82, 2.24) is 4.98 Å². The fourth-order valence-corrected chi connectivity index (χ4v) is 3.46. The molecule has 0 unspecified atom stereocenters. The number of nitrogens with one attached hydrogen (secondary N) is 1. The van der Waals surface area contributed by atoms with Crippen molar-refractivity contribution in [1.29, 1.82) is 0 Å². The molecule has 0 aliphatic heterocycles. The number of carbonyl (C=O) groups excluding carboxylic acids is 2. The number of rotatable bonds is 7. The minimum absolute atomic E-state index is 0.133. The second-order valence-corrected chi connectivity index (χ2v) is 7.25. The van der Waals surface area contributed by atoms with E-state index in [-0.39, 0.29) is 11.3 Å². The van der Waals surface area contributed by atoms with Gasteiger partial charge in [0.05, 0.1) is 25.5 Å². The number of anilines is 2. The number of esters is 1. The van der Waals surface area contributed by atoms with Crippen LogP contribution in [-0.2, 0) is 9.53 Å². The average molecular weight is 448 g/mol. The number of ether oxygens (including phenoxy) is 3. The van der Waals surface area contributed by atoms with Crippen LogP contribution in [0.3, 0.4) is 0 Å². The van der Waals surface area contributed by atoms with E-state index in [0.29, 0.717) is 27.3 Å². The molecule has 0 saturated carbocycles. The van der Waals surface area contributed by atoms with E-state index >= 15 is 0 Å². The summed E-state index contributed by atoms with van der Waals surface area (Å²) in [5.74, 6) is 0.0147. The zero-order valence-electron chi connectivity index (χ0n) is 16.1. The van der Waals surface area contributed by atoms with Crippen LogP contribution in [-0.4, -0.2) is 37.7 Å². The van der Waals surface area contributed by atoms with Gasteiger partial charge in [-0.05, 0) is 36.4 Å². The highest BCUT2D eigenvalue weighted by molar-refractivity contribution is 7.14. The van der Waals surface area contributed by atoms with Crippen LogP contribution in [0.5, 0.6) is 11.5 Å². The van der Waals surface area contributed by atoms with Gasteiger partial charge in [-0.3, -0.25) is 10.1 Å². The largest absolute Gasteiger partial charge is 0.497 e. The first-order valence-corrected chi connectivity index (χ1v) is 9.87. The molecule has 0 spiro atoms. The maximum Gasteiger partial charge on any atom is 0.340 e. The fourth-order valence-electron chi connectivity index (χ4n) is 2.55. The topological polar surface area (TPSA) is 113 Å². The second-order valence-electron chi connectivity index (χ2n) is 5.96. The maximum absolute atomic E-state index is 12.1.